The molecule has 0 heterocycles. The van der Waals surface area contributed by atoms with Gasteiger partial charge >= 0.3 is 12.3 Å². The molecule has 0 bridgehead atoms. The molecule has 0 aliphatic rings. The Labute approximate surface area is 131 Å². The van der Waals surface area contributed by atoms with Crippen LogP contribution in [-0.4, -0.2) is 29.4 Å². The van der Waals surface area contributed by atoms with Crippen molar-refractivity contribution < 1.29 is 32.6 Å². The number of rotatable bonds is 7. The molecular formula is C15H18F3NO4. The van der Waals surface area contributed by atoms with Gasteiger partial charge in [0.25, 0.3) is 0 Å². The quantitative estimate of drug-likeness (QED) is 0.804. The van der Waals surface area contributed by atoms with Crippen molar-refractivity contribution >= 4 is 11.9 Å². The summed E-state index contributed by atoms with van der Waals surface area (Å²) in [5.41, 5.74) is 0.290. The van der Waals surface area contributed by atoms with Gasteiger partial charge in [0.05, 0.1) is 6.42 Å². The van der Waals surface area contributed by atoms with E-state index in [9.17, 15) is 22.8 Å². The summed E-state index contributed by atoms with van der Waals surface area (Å²) < 4.78 is 40.2. The summed E-state index contributed by atoms with van der Waals surface area (Å²) in [4.78, 5) is 22.9. The fourth-order valence-corrected chi connectivity index (χ4v) is 1.98. The third-order valence-corrected chi connectivity index (χ3v) is 2.84. The zero-order valence-corrected chi connectivity index (χ0v) is 12.7. The number of carbonyl (C=O) groups is 2. The van der Waals surface area contributed by atoms with E-state index in [-0.39, 0.29) is 24.3 Å². The van der Waals surface area contributed by atoms with Crippen LogP contribution in [-0.2, 0) is 16.0 Å². The highest BCUT2D eigenvalue weighted by Gasteiger charge is 2.31. The Morgan fingerprint density at radius 3 is 2.48 bits per heavy atom. The van der Waals surface area contributed by atoms with Gasteiger partial charge in [-0.05, 0) is 30.0 Å². The average Bonchev–Trinajstić information content (AvgIpc) is 2.35. The fourth-order valence-electron chi connectivity index (χ4n) is 1.98. The van der Waals surface area contributed by atoms with Crippen molar-refractivity contribution in [3.63, 3.8) is 0 Å². The van der Waals surface area contributed by atoms with Gasteiger partial charge in [-0.3, -0.25) is 4.79 Å². The second-order valence-electron chi connectivity index (χ2n) is 5.46. The van der Waals surface area contributed by atoms with Gasteiger partial charge < -0.3 is 15.2 Å². The van der Waals surface area contributed by atoms with Gasteiger partial charge in [-0.2, -0.15) is 0 Å². The van der Waals surface area contributed by atoms with E-state index in [4.69, 9.17) is 5.11 Å². The molecule has 0 saturated carbocycles. The Morgan fingerprint density at radius 1 is 1.30 bits per heavy atom. The molecule has 1 unspecified atom stereocenters. The highest BCUT2D eigenvalue weighted by atomic mass is 19.4. The van der Waals surface area contributed by atoms with E-state index >= 15 is 0 Å². The van der Waals surface area contributed by atoms with Crippen LogP contribution in [0.25, 0.3) is 0 Å². The number of carboxylic acid groups (broad SMARTS) is 1. The van der Waals surface area contributed by atoms with E-state index in [1.165, 1.54) is 12.1 Å². The van der Waals surface area contributed by atoms with Crippen LogP contribution in [0, 0.1) is 5.92 Å². The molecule has 5 nitrogen and oxygen atoms in total. The van der Waals surface area contributed by atoms with E-state index in [2.05, 4.69) is 10.1 Å². The number of halogens is 3. The van der Waals surface area contributed by atoms with Crippen LogP contribution in [0.2, 0.25) is 0 Å². The average molecular weight is 333 g/mol. The number of amides is 1. The van der Waals surface area contributed by atoms with Crippen molar-refractivity contribution in [3.05, 3.63) is 29.8 Å². The van der Waals surface area contributed by atoms with Gasteiger partial charge in [0.1, 0.15) is 11.8 Å². The van der Waals surface area contributed by atoms with Crippen molar-refractivity contribution in [3.8, 4) is 5.75 Å². The van der Waals surface area contributed by atoms with Gasteiger partial charge in [0.2, 0.25) is 5.91 Å². The molecule has 0 fully saturated rings. The van der Waals surface area contributed by atoms with Crippen molar-refractivity contribution in [2.75, 3.05) is 0 Å². The molecule has 2 N–H and O–H groups in total. The number of hydrogen-bond acceptors (Lipinski definition) is 3. The first kappa shape index (κ1) is 18.8. The second kappa shape index (κ2) is 7.85. The Kier molecular flexibility index (Phi) is 6.41. The lowest BCUT2D eigenvalue weighted by Gasteiger charge is -2.16. The first-order valence-electron chi connectivity index (χ1n) is 6.93. The van der Waals surface area contributed by atoms with E-state index in [1.54, 1.807) is 0 Å². The maximum Gasteiger partial charge on any atom is 0.573 e. The topological polar surface area (TPSA) is 75.6 Å². The zero-order valence-electron chi connectivity index (χ0n) is 12.7. The van der Waals surface area contributed by atoms with E-state index in [0.29, 0.717) is 0 Å². The molecule has 0 spiro atoms. The van der Waals surface area contributed by atoms with E-state index in [1.807, 2.05) is 13.8 Å². The van der Waals surface area contributed by atoms with Crippen molar-refractivity contribution in [1.82, 2.24) is 5.32 Å². The Bertz CT molecular complexity index is 558. The normalized spacial score (nSPS) is 12.8. The molecule has 0 aromatic heterocycles. The molecule has 1 rings (SSSR count). The summed E-state index contributed by atoms with van der Waals surface area (Å²) in [5.74, 6) is -2.09. The molecule has 1 amide bonds. The molecule has 0 aliphatic heterocycles. The maximum absolute atomic E-state index is 12.2. The number of aliphatic carboxylic acids is 1. The molecule has 1 atom stereocenters. The van der Waals surface area contributed by atoms with Crippen LogP contribution >= 0.6 is 0 Å². The maximum atomic E-state index is 12.2. The minimum Gasteiger partial charge on any atom is -0.480 e. The summed E-state index contributed by atoms with van der Waals surface area (Å²) in [6.07, 6.45) is -4.79. The largest absolute Gasteiger partial charge is 0.573 e. The van der Waals surface area contributed by atoms with Crippen LogP contribution in [0.4, 0.5) is 13.2 Å². The molecule has 1 aromatic carbocycles. The fraction of sp³-hybridized carbons (Fsp3) is 0.467. The zero-order chi connectivity index (χ0) is 17.6. The predicted octanol–water partition coefficient (Wildman–Crippen LogP) is 2.74. The van der Waals surface area contributed by atoms with Gasteiger partial charge in [0.15, 0.2) is 0 Å². The first-order valence-corrected chi connectivity index (χ1v) is 6.93. The number of hydrogen-bond donors (Lipinski definition) is 2. The molecule has 8 heteroatoms. The summed E-state index contributed by atoms with van der Waals surface area (Å²) >= 11 is 0. The van der Waals surface area contributed by atoms with Gasteiger partial charge in [-0.25, -0.2) is 4.79 Å². The van der Waals surface area contributed by atoms with Crippen LogP contribution in [0.1, 0.15) is 25.8 Å². The predicted molar refractivity (Wildman–Crippen MR) is 75.9 cm³/mol. The number of carboxylic acids is 1. The number of benzene rings is 1. The van der Waals surface area contributed by atoms with Crippen molar-refractivity contribution in [2.45, 2.75) is 39.1 Å². The SMILES string of the molecule is CC(C)CC(NC(=O)Cc1cccc(OC(F)(F)F)c1)C(=O)O. The lowest BCUT2D eigenvalue weighted by atomic mass is 10.0. The molecule has 1 aromatic rings. The Morgan fingerprint density at radius 2 is 1.96 bits per heavy atom. The first-order chi connectivity index (χ1) is 10.6. The van der Waals surface area contributed by atoms with Crippen molar-refractivity contribution in [2.24, 2.45) is 5.92 Å². The van der Waals surface area contributed by atoms with Crippen LogP contribution < -0.4 is 10.1 Å². The summed E-state index contributed by atoms with van der Waals surface area (Å²) in [7, 11) is 0. The Balaban J connectivity index is 2.69. The lowest BCUT2D eigenvalue weighted by Crippen LogP contribution is -2.42. The molecular weight excluding hydrogens is 315 g/mol. The number of nitrogens with one attached hydrogen (secondary N) is 1. The van der Waals surface area contributed by atoms with E-state index < -0.39 is 30.0 Å². The molecule has 0 aliphatic carbocycles. The molecule has 128 valence electrons. The molecule has 0 saturated heterocycles. The molecule has 0 radical (unpaired) electrons. The highest BCUT2D eigenvalue weighted by molar-refractivity contribution is 5.84. The number of carbonyl (C=O) groups excluding carboxylic acids is 1. The summed E-state index contributed by atoms with van der Waals surface area (Å²) in [6, 6.07) is 3.96. The Hall–Kier alpha value is -2.25. The van der Waals surface area contributed by atoms with E-state index in [0.717, 1.165) is 12.1 Å². The standard InChI is InChI=1S/C15H18F3NO4/c1-9(2)6-12(14(21)22)19-13(20)8-10-4-3-5-11(7-10)23-15(16,17)18/h3-5,7,9,12H,6,8H2,1-2H3,(H,19,20)(H,21,22). The van der Waals surface area contributed by atoms with Gasteiger partial charge in [-0.15, -0.1) is 13.2 Å². The van der Waals surface area contributed by atoms with Crippen LogP contribution in [0.3, 0.4) is 0 Å². The summed E-state index contributed by atoms with van der Waals surface area (Å²) in [5, 5.41) is 11.4. The lowest BCUT2D eigenvalue weighted by molar-refractivity contribution is -0.274. The molecule has 23 heavy (non-hydrogen) atoms. The third kappa shape index (κ3) is 7.53. The van der Waals surface area contributed by atoms with Crippen LogP contribution in [0.15, 0.2) is 24.3 Å². The minimum atomic E-state index is -4.81. The smallest absolute Gasteiger partial charge is 0.480 e. The number of alkyl halides is 3. The monoisotopic (exact) mass is 333 g/mol. The van der Waals surface area contributed by atoms with Gasteiger partial charge in [-0.1, -0.05) is 26.0 Å². The third-order valence-electron chi connectivity index (χ3n) is 2.84. The second-order valence-corrected chi connectivity index (χ2v) is 5.46. The summed E-state index contributed by atoms with van der Waals surface area (Å²) in [6.45, 7) is 3.64. The van der Waals surface area contributed by atoms with Crippen molar-refractivity contribution in [1.29, 1.82) is 0 Å². The van der Waals surface area contributed by atoms with Gasteiger partial charge in [0, 0.05) is 0 Å². The minimum absolute atomic E-state index is 0.0694. The van der Waals surface area contributed by atoms with Crippen LogP contribution in [0.5, 0.6) is 5.75 Å². The highest BCUT2D eigenvalue weighted by Crippen LogP contribution is 2.23. The number of ether oxygens (including phenoxy) is 1.